The number of nitrogens with zero attached hydrogens (tertiary/aromatic N) is 1. The Kier molecular flexibility index (Phi) is 15.2. The lowest BCUT2D eigenvalue weighted by Crippen LogP contribution is -2.38. The standard InChI is InChI=1S/C13H15F2N3.C7H8.C5H10.C2H6/c1-8(2)12-7-17-13(18-12)16-6-9-3-4-10(14)11(15)5-9;1-7-5-3-2-4-6-7;1-4-5(2)3;1-2/h3-5,12H,1,6-7H2,2H3,(H2,16,17,18);2-6H,1H3;4-5H,1H2,2-3H3;1-2H3/t12-;;;/m0.../s1. The summed E-state index contributed by atoms with van der Waals surface area (Å²) in [5, 5.41) is 6.20. The van der Waals surface area contributed by atoms with Crippen molar-refractivity contribution >= 4 is 5.96 Å². The fraction of sp³-hybridized carbons (Fsp3) is 0.370. The number of aliphatic imine (C=N–C) groups is 1. The van der Waals surface area contributed by atoms with Gasteiger partial charge in [0.25, 0.3) is 0 Å². The molecule has 1 aliphatic heterocycles. The Morgan fingerprint density at radius 1 is 1.16 bits per heavy atom. The first kappa shape index (κ1) is 29.1. The summed E-state index contributed by atoms with van der Waals surface area (Å²) in [5.74, 6) is -0.365. The van der Waals surface area contributed by atoms with Crippen LogP contribution in [-0.2, 0) is 6.54 Å². The van der Waals surface area contributed by atoms with Crippen molar-refractivity contribution in [3.05, 3.63) is 96.1 Å². The molecule has 0 amide bonds. The van der Waals surface area contributed by atoms with E-state index in [0.717, 1.165) is 11.6 Å². The molecule has 32 heavy (non-hydrogen) atoms. The molecule has 176 valence electrons. The van der Waals surface area contributed by atoms with Crippen LogP contribution in [0.15, 0.2) is 78.3 Å². The summed E-state index contributed by atoms with van der Waals surface area (Å²) in [5.41, 5.74) is 3.00. The van der Waals surface area contributed by atoms with Gasteiger partial charge in [0.05, 0.1) is 12.6 Å². The zero-order chi connectivity index (χ0) is 24.5. The number of aryl methyl sites for hydroxylation is 1. The van der Waals surface area contributed by atoms with E-state index in [1.165, 1.54) is 17.7 Å². The Morgan fingerprint density at radius 3 is 2.16 bits per heavy atom. The van der Waals surface area contributed by atoms with E-state index in [1.807, 2.05) is 45.0 Å². The van der Waals surface area contributed by atoms with E-state index < -0.39 is 11.6 Å². The molecular formula is C27H39F2N3. The maximum absolute atomic E-state index is 13.0. The average Bonchev–Trinajstić information content (AvgIpc) is 3.27. The van der Waals surface area contributed by atoms with Crippen LogP contribution in [0.25, 0.3) is 0 Å². The third-order valence-electron chi connectivity index (χ3n) is 4.19. The number of allylic oxidation sites excluding steroid dienone is 1. The quantitative estimate of drug-likeness (QED) is 0.509. The molecule has 2 N–H and O–H groups in total. The lowest BCUT2D eigenvalue weighted by atomic mass is 10.2. The van der Waals surface area contributed by atoms with Gasteiger partial charge in [-0.3, -0.25) is 4.99 Å². The average molecular weight is 444 g/mol. The summed E-state index contributed by atoms with van der Waals surface area (Å²) in [6.07, 6.45) is 1.92. The highest BCUT2D eigenvalue weighted by Crippen LogP contribution is 2.09. The van der Waals surface area contributed by atoms with Gasteiger partial charge in [-0.1, -0.05) is 87.9 Å². The molecule has 0 saturated carbocycles. The highest BCUT2D eigenvalue weighted by atomic mass is 19.2. The Morgan fingerprint density at radius 2 is 1.75 bits per heavy atom. The van der Waals surface area contributed by atoms with E-state index in [0.29, 0.717) is 30.5 Å². The molecule has 3 rings (SSSR count). The van der Waals surface area contributed by atoms with Crippen LogP contribution in [0.3, 0.4) is 0 Å². The minimum absolute atomic E-state index is 0.150. The number of nitrogens with one attached hydrogen (secondary N) is 2. The molecule has 2 aromatic carbocycles. The molecule has 0 bridgehead atoms. The number of halogens is 2. The molecule has 2 aromatic rings. The van der Waals surface area contributed by atoms with Gasteiger partial charge in [-0.2, -0.15) is 0 Å². The van der Waals surface area contributed by atoms with Gasteiger partial charge >= 0.3 is 0 Å². The highest BCUT2D eigenvalue weighted by Gasteiger charge is 2.17. The zero-order valence-electron chi connectivity index (χ0n) is 20.4. The van der Waals surface area contributed by atoms with E-state index in [2.05, 4.69) is 61.7 Å². The zero-order valence-corrected chi connectivity index (χ0v) is 20.4. The maximum atomic E-state index is 13.0. The van der Waals surface area contributed by atoms with E-state index in [1.54, 1.807) is 0 Å². The number of guanidine groups is 1. The van der Waals surface area contributed by atoms with Gasteiger partial charge in [0, 0.05) is 6.54 Å². The molecule has 0 unspecified atom stereocenters. The number of hydrogen-bond donors (Lipinski definition) is 2. The Labute approximate surface area is 193 Å². The van der Waals surface area contributed by atoms with Crippen molar-refractivity contribution < 1.29 is 8.78 Å². The summed E-state index contributed by atoms with van der Waals surface area (Å²) < 4.78 is 25.7. The third-order valence-corrected chi connectivity index (χ3v) is 4.19. The second-order valence-corrected chi connectivity index (χ2v) is 7.47. The number of benzene rings is 2. The van der Waals surface area contributed by atoms with Crippen molar-refractivity contribution in [3.63, 3.8) is 0 Å². The molecule has 0 aliphatic carbocycles. The summed E-state index contributed by atoms with van der Waals surface area (Å²) in [7, 11) is 0. The molecule has 0 spiro atoms. The van der Waals surface area contributed by atoms with Gasteiger partial charge in [-0.15, -0.1) is 6.58 Å². The second kappa shape index (κ2) is 16.7. The van der Waals surface area contributed by atoms with Crippen molar-refractivity contribution in [2.75, 3.05) is 6.54 Å². The number of hydrogen-bond acceptors (Lipinski definition) is 3. The van der Waals surface area contributed by atoms with Gasteiger partial charge < -0.3 is 10.6 Å². The second-order valence-electron chi connectivity index (χ2n) is 7.47. The molecular weight excluding hydrogens is 404 g/mol. The summed E-state index contributed by atoms with van der Waals surface area (Å²) in [4.78, 5) is 4.26. The van der Waals surface area contributed by atoms with E-state index >= 15 is 0 Å². The lowest BCUT2D eigenvalue weighted by molar-refractivity contribution is 0.507. The minimum atomic E-state index is -0.838. The van der Waals surface area contributed by atoms with Gasteiger partial charge in [-0.05, 0) is 37.5 Å². The SMILES string of the molecule is C=C(C)[C@@H]1CN=C(NCc2ccc(F)c(F)c2)N1.C=CC(C)C.CC.Cc1ccccc1. The van der Waals surface area contributed by atoms with Crippen molar-refractivity contribution in [2.24, 2.45) is 10.9 Å². The molecule has 1 atom stereocenters. The molecule has 1 aliphatic rings. The van der Waals surface area contributed by atoms with Crippen LogP contribution in [0.1, 0.15) is 45.7 Å². The molecule has 1 heterocycles. The van der Waals surface area contributed by atoms with Crippen LogP contribution in [0.4, 0.5) is 8.78 Å². The fourth-order valence-electron chi connectivity index (χ4n) is 2.19. The third kappa shape index (κ3) is 12.7. The molecule has 0 aromatic heterocycles. The Balaban J connectivity index is 0.000000564. The topological polar surface area (TPSA) is 36.4 Å². The minimum Gasteiger partial charge on any atom is -0.352 e. The molecule has 0 saturated heterocycles. The predicted octanol–water partition coefficient (Wildman–Crippen LogP) is 6.81. The van der Waals surface area contributed by atoms with E-state index in [9.17, 15) is 8.78 Å². The Bertz CT molecular complexity index is 830. The van der Waals surface area contributed by atoms with Crippen molar-refractivity contribution in [1.29, 1.82) is 0 Å². The lowest BCUT2D eigenvalue weighted by Gasteiger charge is -2.12. The van der Waals surface area contributed by atoms with Gasteiger partial charge in [0.1, 0.15) is 0 Å². The highest BCUT2D eigenvalue weighted by molar-refractivity contribution is 5.82. The van der Waals surface area contributed by atoms with Gasteiger partial charge in [-0.25, -0.2) is 8.78 Å². The molecule has 3 nitrogen and oxygen atoms in total. The van der Waals surface area contributed by atoms with Crippen LogP contribution in [0, 0.1) is 24.5 Å². The van der Waals surface area contributed by atoms with Crippen LogP contribution in [-0.4, -0.2) is 18.5 Å². The summed E-state index contributed by atoms with van der Waals surface area (Å²) in [6, 6.07) is 14.2. The fourth-order valence-corrected chi connectivity index (χ4v) is 2.19. The van der Waals surface area contributed by atoms with Crippen LogP contribution in [0.5, 0.6) is 0 Å². The summed E-state index contributed by atoms with van der Waals surface area (Å²) in [6.45, 7) is 20.7. The first-order chi connectivity index (χ1) is 15.2. The first-order valence-corrected chi connectivity index (χ1v) is 11.0. The Hall–Kier alpha value is -2.95. The van der Waals surface area contributed by atoms with Crippen molar-refractivity contribution in [2.45, 2.75) is 54.1 Å². The predicted molar refractivity (Wildman–Crippen MR) is 135 cm³/mol. The monoisotopic (exact) mass is 443 g/mol. The van der Waals surface area contributed by atoms with Gasteiger partial charge in [0.2, 0.25) is 0 Å². The van der Waals surface area contributed by atoms with Crippen LogP contribution in [0.2, 0.25) is 0 Å². The smallest absolute Gasteiger partial charge is 0.192 e. The van der Waals surface area contributed by atoms with Crippen molar-refractivity contribution in [3.8, 4) is 0 Å². The van der Waals surface area contributed by atoms with Crippen molar-refractivity contribution in [1.82, 2.24) is 10.6 Å². The molecule has 0 radical (unpaired) electrons. The van der Waals surface area contributed by atoms with Crippen LogP contribution >= 0.6 is 0 Å². The van der Waals surface area contributed by atoms with Crippen LogP contribution < -0.4 is 10.6 Å². The first-order valence-electron chi connectivity index (χ1n) is 11.0. The van der Waals surface area contributed by atoms with E-state index in [-0.39, 0.29) is 6.04 Å². The van der Waals surface area contributed by atoms with E-state index in [4.69, 9.17) is 0 Å². The largest absolute Gasteiger partial charge is 0.352 e. The van der Waals surface area contributed by atoms with Gasteiger partial charge in [0.15, 0.2) is 17.6 Å². The normalized spacial score (nSPS) is 13.7. The summed E-state index contributed by atoms with van der Waals surface area (Å²) >= 11 is 0. The molecule has 5 heteroatoms. The number of rotatable bonds is 4. The maximum Gasteiger partial charge on any atom is 0.192 e. The molecule has 0 fully saturated rings.